The molecule has 12 rings (SSSR count). The topological polar surface area (TPSA) is 8.17 Å². The van der Waals surface area contributed by atoms with E-state index in [-0.39, 0.29) is 6.85 Å². The van der Waals surface area contributed by atoms with Crippen molar-refractivity contribution in [3.63, 3.8) is 0 Å². The van der Waals surface area contributed by atoms with Crippen LogP contribution in [0.15, 0.2) is 115 Å². The summed E-state index contributed by atoms with van der Waals surface area (Å²) in [5.74, 6) is 0. The normalized spacial score (nSPS) is 15.3. The molecule has 0 fully saturated rings. The van der Waals surface area contributed by atoms with Gasteiger partial charge < -0.3 is 9.38 Å². The van der Waals surface area contributed by atoms with E-state index in [2.05, 4.69) is 138 Å². The van der Waals surface area contributed by atoms with Crippen molar-refractivity contribution < 1.29 is 0 Å². The summed E-state index contributed by atoms with van der Waals surface area (Å²) in [6.07, 6.45) is 0. The van der Waals surface area contributed by atoms with Crippen LogP contribution in [0.2, 0.25) is 13.1 Å². The second kappa shape index (κ2) is 8.02. The maximum Gasteiger partial charge on any atom is 0.333 e. The molecule has 46 heavy (non-hydrogen) atoms. The zero-order valence-corrected chi connectivity index (χ0v) is 27.9. The summed E-state index contributed by atoms with van der Waals surface area (Å²) < 4.78 is 8.29. The molecule has 6 heterocycles. The lowest BCUT2D eigenvalue weighted by atomic mass is 9.45. The van der Waals surface area contributed by atoms with Gasteiger partial charge in [0.1, 0.15) is 8.07 Å². The van der Waals surface area contributed by atoms with Gasteiger partial charge in [-0.15, -0.1) is 22.7 Å². The van der Waals surface area contributed by atoms with Gasteiger partial charge in [-0.3, -0.25) is 0 Å². The minimum Gasteiger partial charge on any atom is -0.374 e. The van der Waals surface area contributed by atoms with Gasteiger partial charge in [-0.2, -0.15) is 0 Å². The van der Waals surface area contributed by atoms with E-state index in [1.54, 1.807) is 5.19 Å². The van der Waals surface area contributed by atoms with Crippen molar-refractivity contribution in [2.45, 2.75) is 13.1 Å². The molecule has 214 valence electrons. The van der Waals surface area contributed by atoms with Gasteiger partial charge in [-0.25, -0.2) is 0 Å². The Morgan fingerprint density at radius 2 is 1.26 bits per heavy atom. The van der Waals surface area contributed by atoms with E-state index in [4.69, 9.17) is 0 Å². The summed E-state index contributed by atoms with van der Waals surface area (Å²) in [4.78, 5) is 2.70. The predicted molar refractivity (Wildman–Crippen MR) is 205 cm³/mol. The third-order valence-electron chi connectivity index (χ3n) is 11.1. The molecule has 3 aromatic heterocycles. The smallest absolute Gasteiger partial charge is 0.333 e. The lowest BCUT2D eigenvalue weighted by molar-refractivity contribution is 1.27. The van der Waals surface area contributed by atoms with E-state index in [1.165, 1.54) is 95.7 Å². The molecule has 6 heteroatoms. The van der Waals surface area contributed by atoms with Crippen LogP contribution < -0.4 is 26.2 Å². The Morgan fingerprint density at radius 3 is 2.15 bits per heavy atom. The molecule has 0 saturated carbocycles. The molecule has 0 unspecified atom stereocenters. The monoisotopic (exact) mass is 636 g/mol. The fraction of sp³-hybridized carbons (Fsp3) is 0.0500. The molecule has 0 bridgehead atoms. The maximum absolute atomic E-state index is 2.76. The number of anilines is 3. The zero-order chi connectivity index (χ0) is 30.1. The molecule has 0 radical (unpaired) electrons. The van der Waals surface area contributed by atoms with Crippen LogP contribution in [0.25, 0.3) is 62.5 Å². The first kappa shape index (κ1) is 24.6. The Balaban J connectivity index is 1.37. The first-order valence-electron chi connectivity index (χ1n) is 16.1. The van der Waals surface area contributed by atoms with Gasteiger partial charge in [-0.1, -0.05) is 104 Å². The molecule has 3 aliphatic rings. The van der Waals surface area contributed by atoms with Crippen molar-refractivity contribution in [3.8, 4) is 11.1 Å². The molecule has 0 aliphatic carbocycles. The standard InChI is InChI=1S/C40H25BN2S2Si/c1-46(2)32-19-8-5-16-29(32)42-37-28(15-10-20-33(37)46)41-34-26(21-27-22-11-3-6-17-30(22)44-40(27)38(34)42)23-13-9-14-25-35(23)43(41)36-24-12-4-7-18-31(24)45-39(25)36/h3-21H,1-2H3. The number of nitrogens with zero attached hydrogens (tertiary/aromatic N) is 2. The van der Waals surface area contributed by atoms with Crippen LogP contribution in [0.5, 0.6) is 0 Å². The first-order chi connectivity index (χ1) is 22.6. The Kier molecular flexibility index (Phi) is 4.29. The van der Waals surface area contributed by atoms with E-state index in [9.17, 15) is 0 Å². The predicted octanol–water partition coefficient (Wildman–Crippen LogP) is 8.93. The molecule has 2 nitrogen and oxygen atoms in total. The largest absolute Gasteiger partial charge is 0.374 e. The van der Waals surface area contributed by atoms with E-state index in [1.807, 2.05) is 22.7 Å². The highest BCUT2D eigenvalue weighted by Gasteiger charge is 2.49. The molecule has 0 saturated heterocycles. The number of hydrogen-bond acceptors (Lipinski definition) is 3. The number of benzene rings is 6. The van der Waals surface area contributed by atoms with Crippen LogP contribution in [0.3, 0.4) is 0 Å². The van der Waals surface area contributed by atoms with E-state index >= 15 is 0 Å². The van der Waals surface area contributed by atoms with Crippen molar-refractivity contribution >= 4 is 127 Å². The van der Waals surface area contributed by atoms with Gasteiger partial charge in [0.25, 0.3) is 0 Å². The molecule has 3 aliphatic heterocycles. The zero-order valence-electron chi connectivity index (χ0n) is 25.3. The molecule has 0 atom stereocenters. The van der Waals surface area contributed by atoms with Gasteiger partial charge in [-0.05, 0) is 51.1 Å². The quantitative estimate of drug-likeness (QED) is 0.151. The third kappa shape index (κ3) is 2.64. The van der Waals surface area contributed by atoms with Crippen LogP contribution in [0, 0.1) is 0 Å². The number of thiophene rings is 2. The molecule has 6 aromatic carbocycles. The molecule has 9 aromatic rings. The minimum atomic E-state index is -1.99. The minimum absolute atomic E-state index is 0.0915. The highest BCUT2D eigenvalue weighted by atomic mass is 32.1. The molecular formula is C40H25BN2S2Si. The van der Waals surface area contributed by atoms with Crippen molar-refractivity contribution in [1.82, 2.24) is 4.48 Å². The summed E-state index contributed by atoms with van der Waals surface area (Å²) in [6.45, 7) is 5.19. The molecule has 0 N–H and O–H groups in total. The Labute approximate surface area is 274 Å². The van der Waals surface area contributed by atoms with Crippen LogP contribution in [-0.4, -0.2) is 19.4 Å². The van der Waals surface area contributed by atoms with Gasteiger partial charge in [0, 0.05) is 53.4 Å². The van der Waals surface area contributed by atoms with Gasteiger partial charge >= 0.3 is 6.85 Å². The molecule has 0 spiro atoms. The Morgan fingerprint density at radius 1 is 0.565 bits per heavy atom. The summed E-state index contributed by atoms with van der Waals surface area (Å²) in [5.41, 5.74) is 12.6. The Hall–Kier alpha value is -4.62. The number of hydrogen-bond donors (Lipinski definition) is 0. The highest BCUT2D eigenvalue weighted by molar-refractivity contribution is 7.27. The summed E-state index contributed by atoms with van der Waals surface area (Å²) in [6, 6.07) is 44.1. The number of para-hydroxylation sites is 3. The highest BCUT2D eigenvalue weighted by Crippen LogP contribution is 2.52. The van der Waals surface area contributed by atoms with Crippen LogP contribution in [0.1, 0.15) is 0 Å². The lowest BCUT2D eigenvalue weighted by Gasteiger charge is -2.47. The maximum atomic E-state index is 2.76. The van der Waals surface area contributed by atoms with Crippen molar-refractivity contribution in [2.24, 2.45) is 0 Å². The van der Waals surface area contributed by atoms with Crippen LogP contribution in [0.4, 0.5) is 17.1 Å². The summed E-state index contributed by atoms with van der Waals surface area (Å²) in [7, 11) is -1.99. The number of aromatic nitrogens is 1. The Bertz CT molecular complexity index is 2870. The molecule has 0 amide bonds. The van der Waals surface area contributed by atoms with E-state index in [0.717, 1.165) is 0 Å². The number of fused-ring (bicyclic) bond motifs is 15. The van der Waals surface area contributed by atoms with E-state index in [0.29, 0.717) is 0 Å². The second-order valence-electron chi connectivity index (χ2n) is 13.6. The van der Waals surface area contributed by atoms with Gasteiger partial charge in [0.15, 0.2) is 0 Å². The van der Waals surface area contributed by atoms with Crippen molar-refractivity contribution in [1.29, 1.82) is 0 Å². The van der Waals surface area contributed by atoms with Crippen LogP contribution >= 0.6 is 22.7 Å². The third-order valence-corrected chi connectivity index (χ3v) is 17.0. The van der Waals surface area contributed by atoms with Crippen molar-refractivity contribution in [2.75, 3.05) is 4.90 Å². The van der Waals surface area contributed by atoms with Gasteiger partial charge in [0.2, 0.25) is 0 Å². The summed E-state index contributed by atoms with van der Waals surface area (Å²) >= 11 is 3.92. The second-order valence-corrected chi connectivity index (χ2v) is 20.1. The first-order valence-corrected chi connectivity index (χ1v) is 20.7. The average molecular weight is 637 g/mol. The fourth-order valence-corrected chi connectivity index (χ4v) is 14.7. The summed E-state index contributed by atoms with van der Waals surface area (Å²) in [5, 5.41) is 8.54. The van der Waals surface area contributed by atoms with E-state index < -0.39 is 8.07 Å². The molecular weight excluding hydrogens is 611 g/mol. The van der Waals surface area contributed by atoms with Crippen LogP contribution in [-0.2, 0) is 0 Å². The fourth-order valence-electron chi connectivity index (χ4n) is 9.26. The lowest BCUT2D eigenvalue weighted by Crippen LogP contribution is -2.65. The van der Waals surface area contributed by atoms with Gasteiger partial charge in [0.05, 0.1) is 20.6 Å². The van der Waals surface area contributed by atoms with Crippen molar-refractivity contribution in [3.05, 3.63) is 115 Å². The SMILES string of the molecule is C[Si]1(C)c2ccccc2N2c3c(cccc31)B1c3c(cc4c(sc5ccccc54)c32)-c2cccc3c4sc5ccccc5c4n1c23. The average Bonchev–Trinajstić information content (AvgIpc) is 3.75. The number of rotatable bonds is 0.